The highest BCUT2D eigenvalue weighted by atomic mass is 79.9. The molecule has 1 atom stereocenters. The van der Waals surface area contributed by atoms with Crippen LogP contribution >= 0.6 is 59.1 Å². The predicted molar refractivity (Wildman–Crippen MR) is 84.2 cm³/mol. The van der Waals surface area contributed by atoms with Crippen LogP contribution in [-0.2, 0) is 0 Å². The van der Waals surface area contributed by atoms with Gasteiger partial charge in [-0.25, -0.2) is 0 Å². The molecule has 0 saturated carbocycles. The van der Waals surface area contributed by atoms with Crippen LogP contribution in [0.1, 0.15) is 29.9 Å². The second-order valence-electron chi connectivity index (χ2n) is 4.19. The van der Waals surface area contributed by atoms with Crippen LogP contribution in [0.5, 0.6) is 0 Å². The number of thiophene rings is 1. The first-order chi connectivity index (χ1) is 7.93. The van der Waals surface area contributed by atoms with Crippen molar-refractivity contribution in [2.75, 3.05) is 5.33 Å². The maximum Gasteiger partial charge on any atom is 0.261 e. The van der Waals surface area contributed by atoms with Crippen LogP contribution in [0.3, 0.4) is 0 Å². The molecule has 0 saturated heterocycles. The molecule has 1 aromatic heterocycles. The van der Waals surface area contributed by atoms with Crippen LogP contribution in [0.15, 0.2) is 14.3 Å². The second kappa shape index (κ2) is 7.26. The molecular weight excluding hydrogens is 434 g/mol. The van der Waals surface area contributed by atoms with Crippen molar-refractivity contribution in [2.45, 2.75) is 26.3 Å². The van der Waals surface area contributed by atoms with E-state index >= 15 is 0 Å². The zero-order chi connectivity index (χ0) is 13.0. The van der Waals surface area contributed by atoms with Gasteiger partial charge >= 0.3 is 0 Å². The molecule has 0 aliphatic rings. The first kappa shape index (κ1) is 15.7. The lowest BCUT2D eigenvalue weighted by molar-refractivity contribution is 0.0941. The van der Waals surface area contributed by atoms with Crippen LogP contribution in [0.2, 0.25) is 0 Å². The quantitative estimate of drug-likeness (QED) is 0.644. The average Bonchev–Trinajstić information content (AvgIpc) is 2.57. The predicted octanol–water partition coefficient (Wildman–Crippen LogP) is 4.81. The molecule has 0 spiro atoms. The Morgan fingerprint density at radius 3 is 2.53 bits per heavy atom. The number of carbonyl (C=O) groups excluding carboxylic acids is 1. The number of amides is 1. The van der Waals surface area contributed by atoms with Crippen molar-refractivity contribution < 1.29 is 4.79 Å². The van der Waals surface area contributed by atoms with E-state index in [4.69, 9.17) is 0 Å². The molecule has 2 nitrogen and oxygen atoms in total. The summed E-state index contributed by atoms with van der Waals surface area (Å²) in [7, 11) is 0. The number of rotatable bonds is 5. The van der Waals surface area contributed by atoms with Crippen LogP contribution < -0.4 is 5.32 Å². The van der Waals surface area contributed by atoms with Gasteiger partial charge in [-0.3, -0.25) is 4.79 Å². The third-order valence-corrected chi connectivity index (χ3v) is 6.18. The van der Waals surface area contributed by atoms with E-state index < -0.39 is 0 Å². The molecule has 0 fully saturated rings. The van der Waals surface area contributed by atoms with Gasteiger partial charge in [-0.05, 0) is 50.3 Å². The van der Waals surface area contributed by atoms with E-state index in [0.717, 1.165) is 24.9 Å². The van der Waals surface area contributed by atoms with Crippen molar-refractivity contribution in [3.63, 3.8) is 0 Å². The molecule has 96 valence electrons. The Balaban J connectivity index is 2.64. The van der Waals surface area contributed by atoms with Gasteiger partial charge in [0, 0.05) is 15.8 Å². The Kier molecular flexibility index (Phi) is 6.69. The Labute approximate surface area is 131 Å². The molecule has 1 aromatic rings. The van der Waals surface area contributed by atoms with Gasteiger partial charge in [0.25, 0.3) is 5.91 Å². The summed E-state index contributed by atoms with van der Waals surface area (Å²) in [5, 5.41) is 3.82. The SMILES string of the molecule is CC(C)CC(CBr)NC(=O)c1cc(Br)c(Br)s1. The van der Waals surface area contributed by atoms with Gasteiger partial charge in [0.15, 0.2) is 0 Å². The number of hydrogen-bond acceptors (Lipinski definition) is 2. The molecule has 0 aliphatic carbocycles. The van der Waals surface area contributed by atoms with Crippen LogP contribution in [-0.4, -0.2) is 17.3 Å². The number of alkyl halides is 1. The van der Waals surface area contributed by atoms with E-state index in [2.05, 4.69) is 67.0 Å². The van der Waals surface area contributed by atoms with E-state index in [1.54, 1.807) is 0 Å². The van der Waals surface area contributed by atoms with Crippen molar-refractivity contribution in [1.82, 2.24) is 5.32 Å². The summed E-state index contributed by atoms with van der Waals surface area (Å²) in [6.45, 7) is 4.31. The van der Waals surface area contributed by atoms with Crippen molar-refractivity contribution in [3.05, 3.63) is 19.2 Å². The van der Waals surface area contributed by atoms with E-state index in [1.807, 2.05) is 6.07 Å². The highest BCUT2D eigenvalue weighted by molar-refractivity contribution is 9.13. The van der Waals surface area contributed by atoms with Crippen LogP contribution in [0.25, 0.3) is 0 Å². The monoisotopic (exact) mass is 445 g/mol. The molecule has 6 heteroatoms. The lowest BCUT2D eigenvalue weighted by Gasteiger charge is -2.17. The molecular formula is C11H14Br3NOS. The molecule has 1 rings (SSSR count). The molecule has 0 aliphatic heterocycles. The molecule has 1 heterocycles. The van der Waals surface area contributed by atoms with Crippen molar-refractivity contribution >= 4 is 65.0 Å². The minimum absolute atomic E-state index is 0.00787. The molecule has 0 bridgehead atoms. The summed E-state index contributed by atoms with van der Waals surface area (Å²) in [5.41, 5.74) is 0. The standard InChI is InChI=1S/C11H14Br3NOS/c1-6(2)3-7(5-12)15-11(16)9-4-8(13)10(14)17-9/h4,6-7H,3,5H2,1-2H3,(H,15,16). The fourth-order valence-corrected chi connectivity index (χ4v) is 3.81. The summed E-state index contributed by atoms with van der Waals surface area (Å²) in [6, 6.07) is 2.02. The summed E-state index contributed by atoms with van der Waals surface area (Å²) < 4.78 is 1.87. The maximum absolute atomic E-state index is 12.0. The van der Waals surface area contributed by atoms with Crippen molar-refractivity contribution in [1.29, 1.82) is 0 Å². The van der Waals surface area contributed by atoms with Gasteiger partial charge in [-0.15, -0.1) is 11.3 Å². The average molecular weight is 448 g/mol. The largest absolute Gasteiger partial charge is 0.348 e. The summed E-state index contributed by atoms with van der Waals surface area (Å²) >= 11 is 11.6. The Morgan fingerprint density at radius 1 is 1.47 bits per heavy atom. The van der Waals surface area contributed by atoms with Gasteiger partial charge in [0.1, 0.15) is 0 Å². The first-order valence-corrected chi connectivity index (χ1v) is 8.78. The Bertz CT molecular complexity index is 373. The zero-order valence-corrected chi connectivity index (χ0v) is 15.2. The molecule has 17 heavy (non-hydrogen) atoms. The fraction of sp³-hybridized carbons (Fsp3) is 0.545. The third-order valence-electron chi connectivity index (χ3n) is 2.15. The summed E-state index contributed by atoms with van der Waals surface area (Å²) in [6.07, 6.45) is 0.977. The minimum atomic E-state index is -0.00787. The molecule has 1 N–H and O–H groups in total. The van der Waals surface area contributed by atoms with Gasteiger partial charge in [0.2, 0.25) is 0 Å². The van der Waals surface area contributed by atoms with Gasteiger partial charge in [-0.1, -0.05) is 29.8 Å². The lowest BCUT2D eigenvalue weighted by Crippen LogP contribution is -2.36. The van der Waals surface area contributed by atoms with Crippen molar-refractivity contribution in [3.8, 4) is 0 Å². The highest BCUT2D eigenvalue weighted by Crippen LogP contribution is 2.32. The number of carbonyl (C=O) groups is 1. The summed E-state index contributed by atoms with van der Waals surface area (Å²) in [4.78, 5) is 12.7. The van der Waals surface area contributed by atoms with E-state index in [0.29, 0.717) is 5.92 Å². The molecule has 1 unspecified atom stereocenters. The normalized spacial score (nSPS) is 12.8. The first-order valence-electron chi connectivity index (χ1n) is 5.25. The van der Waals surface area contributed by atoms with E-state index in [1.165, 1.54) is 11.3 Å². The lowest BCUT2D eigenvalue weighted by atomic mass is 10.1. The van der Waals surface area contributed by atoms with Crippen molar-refractivity contribution in [2.24, 2.45) is 5.92 Å². The van der Waals surface area contributed by atoms with Crippen LogP contribution in [0, 0.1) is 5.92 Å². The highest BCUT2D eigenvalue weighted by Gasteiger charge is 2.16. The third kappa shape index (κ3) is 5.01. The number of hydrogen-bond donors (Lipinski definition) is 1. The molecule has 0 radical (unpaired) electrons. The van der Waals surface area contributed by atoms with Gasteiger partial charge in [0.05, 0.1) is 8.66 Å². The fourth-order valence-electron chi connectivity index (χ4n) is 1.44. The number of halogens is 3. The Morgan fingerprint density at radius 2 is 2.12 bits per heavy atom. The summed E-state index contributed by atoms with van der Waals surface area (Å²) in [5.74, 6) is 0.561. The minimum Gasteiger partial charge on any atom is -0.348 e. The second-order valence-corrected chi connectivity index (χ2v) is 8.06. The van der Waals surface area contributed by atoms with Crippen LogP contribution in [0.4, 0.5) is 0 Å². The maximum atomic E-state index is 12.0. The van der Waals surface area contributed by atoms with Gasteiger partial charge < -0.3 is 5.32 Å². The molecule has 1 amide bonds. The zero-order valence-electron chi connectivity index (χ0n) is 9.60. The van der Waals surface area contributed by atoms with E-state index in [-0.39, 0.29) is 11.9 Å². The smallest absolute Gasteiger partial charge is 0.261 e. The number of nitrogens with one attached hydrogen (secondary N) is 1. The molecule has 0 aromatic carbocycles. The topological polar surface area (TPSA) is 29.1 Å². The van der Waals surface area contributed by atoms with Gasteiger partial charge in [-0.2, -0.15) is 0 Å². The Hall–Kier alpha value is 0.610. The van der Waals surface area contributed by atoms with E-state index in [9.17, 15) is 4.79 Å².